The van der Waals surface area contributed by atoms with E-state index in [0.717, 1.165) is 65.0 Å². The Balaban J connectivity index is 1.33. The molecule has 4 rings (SSSR count). The molecule has 6 heteroatoms. The number of likely N-dealkylation sites (tertiary alicyclic amines) is 2. The van der Waals surface area contributed by atoms with Gasteiger partial charge in [0.2, 0.25) is 5.91 Å². The van der Waals surface area contributed by atoms with Crippen LogP contribution in [0.15, 0.2) is 24.5 Å². The zero-order valence-electron chi connectivity index (χ0n) is 15.4. The summed E-state index contributed by atoms with van der Waals surface area (Å²) in [6.07, 6.45) is 8.26. The van der Waals surface area contributed by atoms with Gasteiger partial charge in [0.25, 0.3) is 0 Å². The van der Waals surface area contributed by atoms with Crippen molar-refractivity contribution in [3.8, 4) is 0 Å². The second kappa shape index (κ2) is 8.03. The van der Waals surface area contributed by atoms with Gasteiger partial charge in [-0.2, -0.15) is 0 Å². The van der Waals surface area contributed by atoms with Crippen molar-refractivity contribution in [2.75, 3.05) is 46.0 Å². The van der Waals surface area contributed by atoms with Crippen molar-refractivity contribution in [1.82, 2.24) is 14.8 Å². The second-order valence-corrected chi connectivity index (χ2v) is 7.91. The molecule has 142 valence electrons. The molecule has 1 aromatic heterocycles. The number of carbonyl (C=O) groups is 1. The number of hydrogen-bond acceptors (Lipinski definition) is 5. The van der Waals surface area contributed by atoms with Gasteiger partial charge in [-0.05, 0) is 43.4 Å². The molecule has 0 bridgehead atoms. The first-order valence-electron chi connectivity index (χ1n) is 9.84. The minimum Gasteiger partial charge on any atom is -0.377 e. The molecular weight excluding hydrogens is 330 g/mol. The molecule has 0 unspecified atom stereocenters. The van der Waals surface area contributed by atoms with E-state index in [-0.39, 0.29) is 24.0 Å². The van der Waals surface area contributed by atoms with Gasteiger partial charge in [-0.3, -0.25) is 14.7 Å². The predicted molar refractivity (Wildman–Crippen MR) is 97.6 cm³/mol. The van der Waals surface area contributed by atoms with Gasteiger partial charge in [0.05, 0.1) is 12.7 Å². The van der Waals surface area contributed by atoms with Crippen LogP contribution in [0.2, 0.25) is 0 Å². The number of ether oxygens (including phenoxy) is 2. The molecule has 3 saturated heterocycles. The van der Waals surface area contributed by atoms with Crippen LogP contribution in [-0.4, -0.2) is 72.8 Å². The number of nitrogens with zero attached hydrogens (tertiary/aromatic N) is 3. The first-order valence-corrected chi connectivity index (χ1v) is 9.84. The monoisotopic (exact) mass is 359 g/mol. The Labute approximate surface area is 155 Å². The van der Waals surface area contributed by atoms with Crippen LogP contribution in [0, 0.1) is 5.41 Å². The molecule has 0 saturated carbocycles. The third kappa shape index (κ3) is 3.92. The zero-order chi connectivity index (χ0) is 17.8. The minimum absolute atomic E-state index is 0.0244. The van der Waals surface area contributed by atoms with Crippen molar-refractivity contribution in [2.45, 2.75) is 38.3 Å². The molecule has 3 aliphatic heterocycles. The Morgan fingerprint density at radius 1 is 1.27 bits per heavy atom. The summed E-state index contributed by atoms with van der Waals surface area (Å²) in [6, 6.07) is 4.16. The Kier molecular flexibility index (Phi) is 5.52. The highest BCUT2D eigenvalue weighted by Gasteiger charge is 2.48. The van der Waals surface area contributed by atoms with E-state index in [2.05, 4.69) is 22.0 Å². The van der Waals surface area contributed by atoms with Crippen LogP contribution in [0.4, 0.5) is 0 Å². The van der Waals surface area contributed by atoms with E-state index >= 15 is 0 Å². The maximum atomic E-state index is 12.2. The van der Waals surface area contributed by atoms with Gasteiger partial charge < -0.3 is 14.4 Å². The van der Waals surface area contributed by atoms with E-state index in [1.165, 1.54) is 5.56 Å². The second-order valence-electron chi connectivity index (χ2n) is 7.91. The fourth-order valence-corrected chi connectivity index (χ4v) is 4.63. The van der Waals surface area contributed by atoms with Gasteiger partial charge in [-0.1, -0.05) is 0 Å². The summed E-state index contributed by atoms with van der Waals surface area (Å²) in [5.74, 6) is 0.138. The quantitative estimate of drug-likeness (QED) is 0.774. The first kappa shape index (κ1) is 17.9. The lowest BCUT2D eigenvalue weighted by molar-refractivity contribution is -0.138. The number of hydrogen-bond donors (Lipinski definition) is 0. The molecule has 26 heavy (non-hydrogen) atoms. The summed E-state index contributed by atoms with van der Waals surface area (Å²) < 4.78 is 11.9. The molecule has 3 aliphatic rings. The van der Waals surface area contributed by atoms with E-state index in [9.17, 15) is 4.79 Å². The topological polar surface area (TPSA) is 54.9 Å². The Bertz CT molecular complexity index is 606. The van der Waals surface area contributed by atoms with E-state index in [1.54, 1.807) is 0 Å². The van der Waals surface area contributed by atoms with Crippen molar-refractivity contribution in [3.63, 3.8) is 0 Å². The zero-order valence-corrected chi connectivity index (χ0v) is 15.4. The summed E-state index contributed by atoms with van der Waals surface area (Å²) in [7, 11) is 0. The predicted octanol–water partition coefficient (Wildman–Crippen LogP) is 1.70. The number of aromatic nitrogens is 1. The van der Waals surface area contributed by atoms with Crippen molar-refractivity contribution < 1.29 is 14.3 Å². The first-order chi connectivity index (χ1) is 12.8. The van der Waals surface area contributed by atoms with Crippen LogP contribution in [-0.2, 0) is 20.8 Å². The standard InChI is InChI=1S/C20H29N3O3/c24-19(23-9-1-2-10-23)14-25-16-20-6-12-26-18(20)5-11-22(15-20)13-17-3-7-21-8-4-17/h3-4,7-8,18H,1-2,5-6,9-16H2/t18-,20+/m1/s1. The highest BCUT2D eigenvalue weighted by molar-refractivity contribution is 5.77. The fraction of sp³-hybridized carbons (Fsp3) is 0.700. The molecule has 0 spiro atoms. The maximum absolute atomic E-state index is 12.2. The average Bonchev–Trinajstić information content (AvgIpc) is 3.32. The van der Waals surface area contributed by atoms with E-state index in [1.807, 2.05) is 17.3 Å². The van der Waals surface area contributed by atoms with E-state index in [4.69, 9.17) is 9.47 Å². The summed E-state index contributed by atoms with van der Waals surface area (Å²) in [6.45, 7) is 6.35. The normalized spacial score (nSPS) is 29.1. The molecule has 0 aliphatic carbocycles. The van der Waals surface area contributed by atoms with Gasteiger partial charge in [0.15, 0.2) is 0 Å². The minimum atomic E-state index is 0.0244. The molecule has 0 aromatic carbocycles. The lowest BCUT2D eigenvalue weighted by Gasteiger charge is -2.43. The third-order valence-electron chi connectivity index (χ3n) is 6.08. The Morgan fingerprint density at radius 3 is 2.88 bits per heavy atom. The molecule has 2 atom stereocenters. The third-order valence-corrected chi connectivity index (χ3v) is 6.08. The molecule has 1 aromatic rings. The van der Waals surface area contributed by atoms with Crippen LogP contribution in [0.25, 0.3) is 0 Å². The van der Waals surface area contributed by atoms with Gasteiger partial charge in [0, 0.05) is 57.1 Å². The van der Waals surface area contributed by atoms with Gasteiger partial charge >= 0.3 is 0 Å². The molecule has 3 fully saturated rings. The van der Waals surface area contributed by atoms with Crippen LogP contribution < -0.4 is 0 Å². The van der Waals surface area contributed by atoms with Crippen molar-refractivity contribution in [1.29, 1.82) is 0 Å². The number of pyridine rings is 1. The average molecular weight is 359 g/mol. The smallest absolute Gasteiger partial charge is 0.248 e. The van der Waals surface area contributed by atoms with Crippen LogP contribution in [0.5, 0.6) is 0 Å². The van der Waals surface area contributed by atoms with Crippen molar-refractivity contribution in [3.05, 3.63) is 30.1 Å². The Morgan fingerprint density at radius 2 is 2.08 bits per heavy atom. The highest BCUT2D eigenvalue weighted by Crippen LogP contribution is 2.41. The fourth-order valence-electron chi connectivity index (χ4n) is 4.63. The van der Waals surface area contributed by atoms with Crippen LogP contribution in [0.1, 0.15) is 31.2 Å². The molecular formula is C20H29N3O3. The number of piperidine rings is 1. The van der Waals surface area contributed by atoms with Gasteiger partial charge in [0.1, 0.15) is 6.61 Å². The van der Waals surface area contributed by atoms with Gasteiger partial charge in [-0.15, -0.1) is 0 Å². The lowest BCUT2D eigenvalue weighted by Crippen LogP contribution is -2.51. The largest absolute Gasteiger partial charge is 0.377 e. The lowest BCUT2D eigenvalue weighted by atomic mass is 9.77. The van der Waals surface area contributed by atoms with Crippen molar-refractivity contribution >= 4 is 5.91 Å². The summed E-state index contributed by atoms with van der Waals surface area (Å²) >= 11 is 0. The highest BCUT2D eigenvalue weighted by atomic mass is 16.5. The summed E-state index contributed by atoms with van der Waals surface area (Å²) in [5, 5.41) is 0. The number of fused-ring (bicyclic) bond motifs is 1. The molecule has 0 N–H and O–H groups in total. The molecule has 0 radical (unpaired) electrons. The molecule has 4 heterocycles. The maximum Gasteiger partial charge on any atom is 0.248 e. The summed E-state index contributed by atoms with van der Waals surface area (Å²) in [4.78, 5) is 20.8. The van der Waals surface area contributed by atoms with E-state index < -0.39 is 0 Å². The van der Waals surface area contributed by atoms with Crippen LogP contribution in [0.3, 0.4) is 0 Å². The number of rotatable bonds is 6. The number of amides is 1. The number of carbonyl (C=O) groups excluding carboxylic acids is 1. The van der Waals surface area contributed by atoms with Gasteiger partial charge in [-0.25, -0.2) is 0 Å². The van der Waals surface area contributed by atoms with Crippen LogP contribution >= 0.6 is 0 Å². The van der Waals surface area contributed by atoms with E-state index in [0.29, 0.717) is 6.61 Å². The summed E-state index contributed by atoms with van der Waals surface area (Å²) in [5.41, 5.74) is 1.31. The van der Waals surface area contributed by atoms with Crippen molar-refractivity contribution in [2.24, 2.45) is 5.41 Å². The Hall–Kier alpha value is -1.50. The SMILES string of the molecule is O=C(COC[C@@]12CCO[C@@H]1CCN(Cc1ccncc1)C2)N1CCCC1. The molecule has 6 nitrogen and oxygen atoms in total. The molecule has 1 amide bonds.